The van der Waals surface area contributed by atoms with Crippen LogP contribution < -0.4 is 36.3 Å². The molecule has 13 heteroatoms. The summed E-state index contributed by atoms with van der Waals surface area (Å²) in [5, 5.41) is 3.97. The minimum absolute atomic E-state index is 0.00690. The van der Waals surface area contributed by atoms with Crippen LogP contribution in [-0.4, -0.2) is 45.1 Å². The molecule has 0 radical (unpaired) electrons. The number of anilines is 1. The second-order valence-corrected chi connectivity index (χ2v) is 12.9. The molecule has 1 aliphatic carbocycles. The molecule has 0 amide bonds. The molecule has 5 heterocycles. The van der Waals surface area contributed by atoms with E-state index < -0.39 is 40.3 Å². The highest BCUT2D eigenvalue weighted by Gasteiger charge is 2.64. The van der Waals surface area contributed by atoms with E-state index in [0.717, 1.165) is 21.0 Å². The van der Waals surface area contributed by atoms with Gasteiger partial charge in [-0.1, -0.05) is 36.7 Å². The number of halogens is 1. The molecule has 0 fully saturated rings. The van der Waals surface area contributed by atoms with Crippen LogP contribution in [0.4, 0.5) is 5.82 Å². The van der Waals surface area contributed by atoms with E-state index >= 15 is 4.79 Å². The Labute approximate surface area is 271 Å². The third-order valence-corrected chi connectivity index (χ3v) is 10.6. The Kier molecular flexibility index (Phi) is 6.05. The van der Waals surface area contributed by atoms with Crippen molar-refractivity contribution >= 4 is 39.9 Å². The van der Waals surface area contributed by atoms with E-state index in [1.54, 1.807) is 17.6 Å². The van der Waals surface area contributed by atoms with Gasteiger partial charge in [-0.2, -0.15) is 0 Å². The number of hydrogen-bond donors (Lipinski definition) is 1. The lowest BCUT2D eigenvalue weighted by atomic mass is 9.66. The highest BCUT2D eigenvalue weighted by atomic mass is 35.5. The van der Waals surface area contributed by atoms with Gasteiger partial charge in [-0.15, -0.1) is 0 Å². The average Bonchev–Trinajstić information content (AvgIpc) is 3.64. The van der Waals surface area contributed by atoms with E-state index in [9.17, 15) is 19.2 Å². The number of aromatic nitrogens is 3. The fourth-order valence-electron chi connectivity index (χ4n) is 7.90. The number of para-hydroxylation sites is 1. The molecule has 0 bridgehead atoms. The number of rotatable bonds is 3. The quantitative estimate of drug-likeness (QED) is 0.330. The molecule has 1 N–H and O–H groups in total. The van der Waals surface area contributed by atoms with E-state index in [1.807, 2.05) is 18.2 Å². The molecule has 4 aliphatic rings. The molecule has 1 unspecified atom stereocenters. The zero-order chi connectivity index (χ0) is 33.3. The third kappa shape index (κ3) is 3.50. The first-order chi connectivity index (χ1) is 22.5. The average molecular weight is 657 g/mol. The maximum absolute atomic E-state index is 15.2. The van der Waals surface area contributed by atoms with Crippen molar-refractivity contribution in [2.75, 3.05) is 19.5 Å². The molecule has 0 saturated carbocycles. The highest BCUT2D eigenvalue weighted by molar-refractivity contribution is 6.36. The van der Waals surface area contributed by atoms with Gasteiger partial charge in [-0.25, -0.2) is 4.79 Å². The van der Waals surface area contributed by atoms with Gasteiger partial charge in [0.25, 0.3) is 11.1 Å². The van der Waals surface area contributed by atoms with Crippen molar-refractivity contribution < 1.29 is 23.8 Å². The molecule has 2 aromatic heterocycles. The number of fused-ring (bicyclic) bond motifs is 2. The van der Waals surface area contributed by atoms with Crippen LogP contribution in [0.2, 0.25) is 5.02 Å². The van der Waals surface area contributed by atoms with Crippen LogP contribution in [0.25, 0.3) is 10.9 Å². The van der Waals surface area contributed by atoms with Crippen molar-refractivity contribution in [3.63, 3.8) is 0 Å². The molecule has 240 valence electrons. The van der Waals surface area contributed by atoms with E-state index in [4.69, 9.17) is 25.8 Å². The molecular formula is C34H29ClN4O8. The number of Topliss-reactive ketones (excluding diaryl/α,β-unsaturated/α-hetero) is 2. The van der Waals surface area contributed by atoms with Crippen LogP contribution in [-0.2, 0) is 31.9 Å². The third-order valence-electron chi connectivity index (χ3n) is 10.2. The number of nitrogens with zero attached hydrogens (tertiary/aromatic N) is 3. The number of carbonyl (C=O) groups excluding carboxylic acids is 2. The normalized spacial score (nSPS) is 22.3. The van der Waals surface area contributed by atoms with Gasteiger partial charge < -0.3 is 24.1 Å². The molecule has 2 aromatic carbocycles. The van der Waals surface area contributed by atoms with Crippen molar-refractivity contribution in [3.8, 4) is 17.2 Å². The molecule has 47 heavy (non-hydrogen) atoms. The number of hydrogen-bond acceptors (Lipinski definition) is 9. The number of allylic oxidation sites excluding steroid dienone is 1. The summed E-state index contributed by atoms with van der Waals surface area (Å²) in [6.07, 6.45) is 0.776. The second kappa shape index (κ2) is 9.71. The van der Waals surface area contributed by atoms with Gasteiger partial charge in [0.15, 0.2) is 5.75 Å². The Balaban J connectivity index is 1.42. The highest BCUT2D eigenvalue weighted by Crippen LogP contribution is 2.56. The van der Waals surface area contributed by atoms with Crippen molar-refractivity contribution in [2.24, 2.45) is 20.0 Å². The fourth-order valence-corrected chi connectivity index (χ4v) is 8.16. The molecule has 3 aliphatic heterocycles. The zero-order valence-electron chi connectivity index (χ0n) is 26.1. The lowest BCUT2D eigenvalue weighted by Gasteiger charge is -2.42. The molecule has 8 rings (SSSR count). The number of nitrogens with one attached hydrogen (secondary N) is 1. The molecule has 1 spiro atoms. The van der Waals surface area contributed by atoms with Crippen LogP contribution in [0.1, 0.15) is 46.3 Å². The van der Waals surface area contributed by atoms with Gasteiger partial charge >= 0.3 is 5.69 Å². The SMILES string of the molecule is COc1cc(OC)c2c(c1Cl)O[C@@]1(C(=O)C3=C(C[C@H]1C)Nc1c(c(=O)n(C)c(=O)n1C)C3c1cc3cccc4c3n(c1=O)CC4)C2=O. The first kappa shape index (κ1) is 29.3. The summed E-state index contributed by atoms with van der Waals surface area (Å²) < 4.78 is 21.2. The van der Waals surface area contributed by atoms with Crippen molar-refractivity contribution in [2.45, 2.75) is 37.8 Å². The van der Waals surface area contributed by atoms with Crippen molar-refractivity contribution in [3.05, 3.63) is 100 Å². The molecule has 0 saturated heterocycles. The van der Waals surface area contributed by atoms with Crippen LogP contribution >= 0.6 is 11.6 Å². The number of ketones is 2. The summed E-state index contributed by atoms with van der Waals surface area (Å²) in [6.45, 7) is 2.15. The summed E-state index contributed by atoms with van der Waals surface area (Å²) in [6, 6.07) is 8.94. The number of aryl methyl sites for hydroxylation is 2. The largest absolute Gasteiger partial charge is 0.496 e. The summed E-state index contributed by atoms with van der Waals surface area (Å²) in [5.41, 5.74) is -1.17. The van der Waals surface area contributed by atoms with Crippen molar-refractivity contribution in [1.29, 1.82) is 0 Å². The van der Waals surface area contributed by atoms with Crippen LogP contribution in [0, 0.1) is 5.92 Å². The lowest BCUT2D eigenvalue weighted by molar-refractivity contribution is -0.130. The molecule has 12 nitrogen and oxygen atoms in total. The Hall–Kier alpha value is -5.10. The monoisotopic (exact) mass is 656 g/mol. The predicted octanol–water partition coefficient (Wildman–Crippen LogP) is 3.06. The fraction of sp³-hybridized carbons (Fsp3) is 0.324. The van der Waals surface area contributed by atoms with E-state index in [0.29, 0.717) is 18.7 Å². The van der Waals surface area contributed by atoms with Gasteiger partial charge in [0.2, 0.25) is 17.2 Å². The maximum Gasteiger partial charge on any atom is 0.332 e. The Morgan fingerprint density at radius 1 is 0.979 bits per heavy atom. The smallest absolute Gasteiger partial charge is 0.332 e. The molecule has 3 atom stereocenters. The zero-order valence-corrected chi connectivity index (χ0v) is 26.9. The van der Waals surface area contributed by atoms with Gasteiger partial charge in [-0.3, -0.25) is 28.3 Å². The van der Waals surface area contributed by atoms with Gasteiger partial charge in [0.05, 0.1) is 31.2 Å². The number of methoxy groups -OCH3 is 2. The predicted molar refractivity (Wildman–Crippen MR) is 172 cm³/mol. The summed E-state index contributed by atoms with van der Waals surface area (Å²) in [4.78, 5) is 71.2. The summed E-state index contributed by atoms with van der Waals surface area (Å²) in [7, 11) is 5.66. The van der Waals surface area contributed by atoms with E-state index in [-0.39, 0.29) is 62.3 Å². The van der Waals surface area contributed by atoms with Gasteiger partial charge in [0, 0.05) is 49.5 Å². The standard InChI is InChI=1S/C34H29ClN4O8/c1-14-11-18-22(28(40)34(14)29(41)23-19(45-4)13-20(46-5)25(35)27(23)47-34)21(24-30(36-18)37(2)33(44)38(3)32(24)43)17-12-16-8-6-7-15-9-10-39(26(15)16)31(17)42/h6-8,12-14,21,36H,9-11H2,1-5H3/t14-,21?,34+/m1/s1. The first-order valence-electron chi connectivity index (χ1n) is 15.1. The Morgan fingerprint density at radius 2 is 1.72 bits per heavy atom. The topological polar surface area (TPSA) is 140 Å². The van der Waals surface area contributed by atoms with Crippen molar-refractivity contribution in [1.82, 2.24) is 13.7 Å². The van der Waals surface area contributed by atoms with Gasteiger partial charge in [-0.05, 0) is 29.9 Å². The van der Waals surface area contributed by atoms with Gasteiger partial charge in [0.1, 0.15) is 27.9 Å². The number of pyridine rings is 1. The van der Waals surface area contributed by atoms with Crippen LogP contribution in [0.5, 0.6) is 17.2 Å². The minimum Gasteiger partial charge on any atom is -0.496 e. The first-order valence-corrected chi connectivity index (χ1v) is 15.5. The Morgan fingerprint density at radius 3 is 2.45 bits per heavy atom. The lowest BCUT2D eigenvalue weighted by Crippen LogP contribution is -2.58. The molecule has 4 aromatic rings. The van der Waals surface area contributed by atoms with Crippen LogP contribution in [0.3, 0.4) is 0 Å². The van der Waals surface area contributed by atoms with Crippen LogP contribution in [0.15, 0.2) is 56.0 Å². The van der Waals surface area contributed by atoms with E-state index in [1.165, 1.54) is 38.9 Å². The second-order valence-electron chi connectivity index (χ2n) is 12.5. The number of carbonyl (C=O) groups is 2. The number of benzene rings is 2. The summed E-state index contributed by atoms with van der Waals surface area (Å²) >= 11 is 6.65. The Bertz CT molecular complexity index is 2380. The number of ether oxygens (including phenoxy) is 3. The van der Waals surface area contributed by atoms with E-state index in [2.05, 4.69) is 5.32 Å². The summed E-state index contributed by atoms with van der Waals surface area (Å²) in [5.74, 6) is -2.85. The minimum atomic E-state index is -2.08. The maximum atomic E-state index is 15.2. The molecular weight excluding hydrogens is 628 g/mol.